The Morgan fingerprint density at radius 3 is 2.29 bits per heavy atom. The predicted molar refractivity (Wildman–Crippen MR) is 76.9 cm³/mol. The second kappa shape index (κ2) is 6.01. The Balaban J connectivity index is 1.90. The van der Waals surface area contributed by atoms with Gasteiger partial charge in [0.05, 0.1) is 0 Å². The zero-order valence-electron chi connectivity index (χ0n) is 10.7. The first kappa shape index (κ1) is 13.1. The van der Waals surface area contributed by atoms with Crippen LogP contribution in [0.4, 0.5) is 0 Å². The normalized spacial score (nSPS) is 29.2. The smallest absolute Gasteiger partial charge is 0.0208 e. The Bertz CT molecular complexity index is 336. The molecule has 1 aromatic carbocycles. The Morgan fingerprint density at radius 1 is 1.12 bits per heavy atom. The Hall–Kier alpha value is -0.340. The summed E-state index contributed by atoms with van der Waals surface area (Å²) >= 11 is 3.47. The van der Waals surface area contributed by atoms with E-state index >= 15 is 0 Å². The molecule has 0 aliphatic heterocycles. The maximum Gasteiger partial charge on any atom is 0.0208 e. The highest BCUT2D eigenvalue weighted by Gasteiger charge is 2.26. The molecule has 2 atom stereocenters. The van der Waals surface area contributed by atoms with Crippen LogP contribution in [-0.2, 0) is 6.54 Å². The lowest BCUT2D eigenvalue weighted by atomic mass is 9.78. The lowest BCUT2D eigenvalue weighted by Gasteiger charge is -2.35. The Morgan fingerprint density at radius 2 is 1.71 bits per heavy atom. The fraction of sp³-hybridized carbons (Fsp3) is 0.600. The van der Waals surface area contributed by atoms with Crippen molar-refractivity contribution in [2.75, 3.05) is 0 Å². The highest BCUT2D eigenvalue weighted by atomic mass is 79.9. The van der Waals surface area contributed by atoms with Gasteiger partial charge in [-0.2, -0.15) is 0 Å². The zero-order valence-corrected chi connectivity index (χ0v) is 12.3. The van der Waals surface area contributed by atoms with Crippen LogP contribution in [0.2, 0.25) is 0 Å². The van der Waals surface area contributed by atoms with Crippen molar-refractivity contribution in [1.29, 1.82) is 0 Å². The van der Waals surface area contributed by atoms with Gasteiger partial charge in [-0.25, -0.2) is 0 Å². The summed E-state index contributed by atoms with van der Waals surface area (Å²) in [6, 6.07) is 9.30. The van der Waals surface area contributed by atoms with E-state index in [1.807, 2.05) is 0 Å². The number of hydrogen-bond acceptors (Lipinski definition) is 1. The first-order chi connectivity index (χ1) is 8.16. The summed E-state index contributed by atoms with van der Waals surface area (Å²) in [6.07, 6.45) is 4.16. The maximum atomic E-state index is 3.74. The van der Waals surface area contributed by atoms with Crippen LogP contribution in [0.1, 0.15) is 38.7 Å². The van der Waals surface area contributed by atoms with E-state index in [1.54, 1.807) is 0 Å². The molecule has 2 heteroatoms. The number of benzene rings is 1. The average Bonchev–Trinajstić information content (AvgIpc) is 2.31. The molecule has 0 saturated heterocycles. The van der Waals surface area contributed by atoms with Crippen LogP contribution in [0.25, 0.3) is 0 Å². The van der Waals surface area contributed by atoms with Gasteiger partial charge in [-0.15, -0.1) is 0 Å². The average molecular weight is 296 g/mol. The van der Waals surface area contributed by atoms with E-state index in [1.165, 1.54) is 24.8 Å². The second-order valence-electron chi connectivity index (χ2n) is 5.42. The monoisotopic (exact) mass is 295 g/mol. The lowest BCUT2D eigenvalue weighted by molar-refractivity contribution is 0.207. The first-order valence-electron chi connectivity index (χ1n) is 6.64. The summed E-state index contributed by atoms with van der Waals surface area (Å²) in [5.74, 6) is 1.63. The molecule has 0 aromatic heterocycles. The molecule has 0 spiro atoms. The molecule has 1 fully saturated rings. The summed E-state index contributed by atoms with van der Waals surface area (Å²) in [5, 5.41) is 3.74. The van der Waals surface area contributed by atoms with Crippen LogP contribution in [0, 0.1) is 11.8 Å². The number of hydrogen-bond donors (Lipinski definition) is 1. The van der Waals surface area contributed by atoms with Crippen molar-refractivity contribution in [1.82, 2.24) is 5.32 Å². The highest BCUT2D eigenvalue weighted by molar-refractivity contribution is 9.10. The van der Waals surface area contributed by atoms with E-state index in [4.69, 9.17) is 0 Å². The third-order valence-corrected chi connectivity index (χ3v) is 4.53. The molecule has 1 saturated carbocycles. The Kier molecular flexibility index (Phi) is 4.63. The van der Waals surface area contributed by atoms with Crippen LogP contribution in [0.3, 0.4) is 0 Å². The third-order valence-electron chi connectivity index (χ3n) is 4.00. The van der Waals surface area contributed by atoms with E-state index < -0.39 is 0 Å². The minimum absolute atomic E-state index is 0.687. The van der Waals surface area contributed by atoms with Crippen molar-refractivity contribution in [3.05, 3.63) is 34.3 Å². The molecular weight excluding hydrogens is 274 g/mol. The van der Waals surface area contributed by atoms with Gasteiger partial charge < -0.3 is 5.32 Å². The van der Waals surface area contributed by atoms with E-state index in [0.717, 1.165) is 22.9 Å². The summed E-state index contributed by atoms with van der Waals surface area (Å²) in [6.45, 7) is 5.76. The topological polar surface area (TPSA) is 12.0 Å². The first-order valence-corrected chi connectivity index (χ1v) is 7.44. The summed E-state index contributed by atoms with van der Waals surface area (Å²) in [5.41, 5.74) is 1.37. The van der Waals surface area contributed by atoms with E-state index in [9.17, 15) is 0 Å². The SMILES string of the molecule is CC1CCCC(C)C1NCc1ccc(Br)cc1. The zero-order chi connectivity index (χ0) is 12.3. The molecule has 2 rings (SSSR count). The summed E-state index contributed by atoms with van der Waals surface area (Å²) in [7, 11) is 0. The van der Waals surface area contributed by atoms with Gasteiger partial charge in [0, 0.05) is 17.1 Å². The largest absolute Gasteiger partial charge is 0.309 e. The van der Waals surface area contributed by atoms with Crippen molar-refractivity contribution in [2.24, 2.45) is 11.8 Å². The molecule has 1 aromatic rings. The summed E-state index contributed by atoms with van der Waals surface area (Å²) < 4.78 is 1.15. The number of rotatable bonds is 3. The fourth-order valence-corrected chi connectivity index (χ4v) is 3.19. The van der Waals surface area contributed by atoms with Crippen molar-refractivity contribution in [3.63, 3.8) is 0 Å². The van der Waals surface area contributed by atoms with Crippen molar-refractivity contribution in [2.45, 2.75) is 45.7 Å². The van der Waals surface area contributed by atoms with Gasteiger partial charge in [0.25, 0.3) is 0 Å². The number of nitrogens with one attached hydrogen (secondary N) is 1. The van der Waals surface area contributed by atoms with Crippen LogP contribution >= 0.6 is 15.9 Å². The minimum Gasteiger partial charge on any atom is -0.309 e. The second-order valence-corrected chi connectivity index (χ2v) is 6.33. The third kappa shape index (κ3) is 3.56. The molecule has 2 unspecified atom stereocenters. The van der Waals surface area contributed by atoms with Gasteiger partial charge in [-0.3, -0.25) is 0 Å². The van der Waals surface area contributed by atoms with Gasteiger partial charge >= 0.3 is 0 Å². The van der Waals surface area contributed by atoms with Gasteiger partial charge in [0.15, 0.2) is 0 Å². The molecule has 1 N–H and O–H groups in total. The standard InChI is InChI=1S/C15H22BrN/c1-11-4-3-5-12(2)15(11)17-10-13-6-8-14(16)9-7-13/h6-9,11-12,15,17H,3-5,10H2,1-2H3. The van der Waals surface area contributed by atoms with Crippen LogP contribution in [0.15, 0.2) is 28.7 Å². The molecule has 0 radical (unpaired) electrons. The van der Waals surface area contributed by atoms with Gasteiger partial charge in [-0.1, -0.05) is 48.3 Å². The molecule has 0 amide bonds. The van der Waals surface area contributed by atoms with E-state index in [2.05, 4.69) is 59.4 Å². The van der Waals surface area contributed by atoms with E-state index in [0.29, 0.717) is 6.04 Å². The Labute approximate surface area is 113 Å². The van der Waals surface area contributed by atoms with Gasteiger partial charge in [0.2, 0.25) is 0 Å². The quantitative estimate of drug-likeness (QED) is 0.873. The van der Waals surface area contributed by atoms with Gasteiger partial charge in [-0.05, 0) is 42.4 Å². The fourth-order valence-electron chi connectivity index (χ4n) is 2.92. The predicted octanol–water partition coefficient (Wildman–Crippen LogP) is 4.36. The molecular formula is C15H22BrN. The van der Waals surface area contributed by atoms with E-state index in [-0.39, 0.29) is 0 Å². The van der Waals surface area contributed by atoms with Crippen molar-refractivity contribution in [3.8, 4) is 0 Å². The van der Waals surface area contributed by atoms with Crippen LogP contribution in [-0.4, -0.2) is 6.04 Å². The lowest BCUT2D eigenvalue weighted by Crippen LogP contribution is -2.42. The molecule has 1 nitrogen and oxygen atoms in total. The minimum atomic E-state index is 0.687. The number of halogens is 1. The molecule has 17 heavy (non-hydrogen) atoms. The molecule has 94 valence electrons. The molecule has 0 heterocycles. The van der Waals surface area contributed by atoms with Crippen molar-refractivity contribution < 1.29 is 0 Å². The highest BCUT2D eigenvalue weighted by Crippen LogP contribution is 2.29. The molecule has 0 bridgehead atoms. The molecule has 1 aliphatic carbocycles. The molecule has 1 aliphatic rings. The van der Waals surface area contributed by atoms with Gasteiger partial charge in [0.1, 0.15) is 0 Å². The van der Waals surface area contributed by atoms with Crippen LogP contribution in [0.5, 0.6) is 0 Å². The summed E-state index contributed by atoms with van der Waals surface area (Å²) in [4.78, 5) is 0. The maximum absolute atomic E-state index is 3.74. The van der Waals surface area contributed by atoms with Crippen molar-refractivity contribution >= 4 is 15.9 Å². The van der Waals surface area contributed by atoms with Crippen LogP contribution < -0.4 is 5.32 Å².